The van der Waals surface area contributed by atoms with Crippen LogP contribution >= 0.6 is 0 Å². The van der Waals surface area contributed by atoms with Crippen molar-refractivity contribution in [3.8, 4) is 0 Å². The molecular formula is C19H26Li2N6O9S. The van der Waals surface area contributed by atoms with Gasteiger partial charge in [-0.05, 0) is 23.7 Å². The van der Waals surface area contributed by atoms with Crippen LogP contribution < -0.4 is 64.5 Å². The number of imidazole rings is 1. The summed E-state index contributed by atoms with van der Waals surface area (Å²) >= 11 is 0. The monoisotopic (exact) mass is 528 g/mol. The fraction of sp³-hybridized carbons (Fsp3) is 0.579. The van der Waals surface area contributed by atoms with E-state index in [1.807, 2.05) is 6.26 Å². The number of ether oxygens (including phenoxy) is 1. The molecule has 2 aromatic heterocycles. The van der Waals surface area contributed by atoms with Crippen molar-refractivity contribution in [2.24, 2.45) is 5.73 Å². The third-order valence-corrected chi connectivity index (χ3v) is 6.89. The van der Waals surface area contributed by atoms with Crippen molar-refractivity contribution in [1.29, 1.82) is 0 Å². The number of aliphatic hydroxyl groups excluding tert-OH is 2. The molecule has 18 heteroatoms. The zero-order valence-corrected chi connectivity index (χ0v) is 21.5. The maximum Gasteiger partial charge on any atom is 1.00 e. The summed E-state index contributed by atoms with van der Waals surface area (Å²) in [6.45, 7) is 0. The number of carboxylic acids is 3. The molecular weight excluding hydrogens is 502 g/mol. The molecule has 3 rings (SSSR count). The van der Waals surface area contributed by atoms with Crippen molar-refractivity contribution in [2.45, 2.75) is 49.8 Å². The number of aliphatic carboxylic acids is 3. The fourth-order valence-corrected chi connectivity index (χ4v) is 4.83. The van der Waals surface area contributed by atoms with Gasteiger partial charge in [0.15, 0.2) is 17.7 Å². The molecule has 1 unspecified atom stereocenters. The molecule has 37 heavy (non-hydrogen) atoms. The minimum absolute atomic E-state index is 0. The van der Waals surface area contributed by atoms with Crippen molar-refractivity contribution in [3.63, 3.8) is 0 Å². The summed E-state index contributed by atoms with van der Waals surface area (Å²) in [5.74, 6) is -2.79. The smallest absolute Gasteiger partial charge is 0.550 e. The number of nitrogens with zero attached hydrogens (tertiary/aromatic N) is 4. The fourth-order valence-electron chi connectivity index (χ4n) is 3.17. The van der Waals surface area contributed by atoms with Crippen LogP contribution in [0.25, 0.3) is 11.2 Å². The Labute approximate surface area is 238 Å². The molecule has 0 bridgehead atoms. The third-order valence-electron chi connectivity index (χ3n) is 5.06. The number of carboxylic acid groups (broad SMARTS) is 3. The van der Waals surface area contributed by atoms with E-state index >= 15 is 0 Å². The Morgan fingerprint density at radius 2 is 1.70 bits per heavy atom. The number of carbonyl (C=O) groups is 3. The van der Waals surface area contributed by atoms with Crippen molar-refractivity contribution < 1.29 is 82.4 Å². The van der Waals surface area contributed by atoms with Gasteiger partial charge in [0.25, 0.3) is 0 Å². The first-order valence-electron chi connectivity index (χ1n) is 10.3. The molecule has 15 nitrogen and oxygen atoms in total. The second kappa shape index (κ2) is 16.2. The van der Waals surface area contributed by atoms with E-state index in [-0.39, 0.29) is 60.9 Å². The Bertz CT molecular complexity index is 1030. The predicted molar refractivity (Wildman–Crippen MR) is 116 cm³/mol. The number of nitrogens with two attached hydrogens (primary N) is 2. The van der Waals surface area contributed by atoms with Gasteiger partial charge in [0.1, 0.15) is 41.7 Å². The Morgan fingerprint density at radius 3 is 2.24 bits per heavy atom. The molecule has 1 aliphatic rings. The molecule has 1 fully saturated rings. The molecule has 6 N–H and O–H groups in total. The van der Waals surface area contributed by atoms with Gasteiger partial charge in [-0.1, -0.05) is 0 Å². The van der Waals surface area contributed by atoms with Crippen molar-refractivity contribution >= 4 is 45.8 Å². The minimum atomic E-state index is -1.37. The van der Waals surface area contributed by atoms with E-state index in [0.717, 1.165) is 0 Å². The van der Waals surface area contributed by atoms with E-state index in [2.05, 4.69) is 15.0 Å². The Hall–Kier alpha value is -1.86. The van der Waals surface area contributed by atoms with Crippen molar-refractivity contribution in [1.82, 2.24) is 19.5 Å². The molecule has 1 aliphatic heterocycles. The molecule has 6 atom stereocenters. The maximum atomic E-state index is 10.7. The third kappa shape index (κ3) is 10.1. The second-order valence-electron chi connectivity index (χ2n) is 7.74. The summed E-state index contributed by atoms with van der Waals surface area (Å²) in [7, 11) is -0.263. The van der Waals surface area contributed by atoms with Crippen LogP contribution in [-0.4, -0.2) is 89.8 Å². The van der Waals surface area contributed by atoms with Gasteiger partial charge in [-0.3, -0.25) is 4.57 Å². The Morgan fingerprint density at radius 1 is 1.11 bits per heavy atom. The standard InChI is InChI=1S/C15H22N6O5S.C4H6O4.2Li/c1-27(3-2-7(16)15(24)25)4-8-10(22)11(23)14(26-8)21-6-20-9-12(17)18-5-19-13(9)21;5-3(6)1-2-4(7)8;;/h5-8,10-11,14,22-23H,2-4,16H2,1H3,(H2-,17,18,19,24,25);1-2H2,(H,5,6)(H,7,8);;/q;;2*+1/p-2/t7-,8+,10+,11+,14+,27?;;;/m0.../s1. The van der Waals surface area contributed by atoms with Crippen LogP contribution in [0, 0.1) is 0 Å². The zero-order valence-electron chi connectivity index (χ0n) is 20.7. The van der Waals surface area contributed by atoms with Gasteiger partial charge in [0, 0.05) is 24.4 Å². The number of rotatable bonds is 10. The number of hydrogen-bond acceptors (Lipinski definition) is 14. The van der Waals surface area contributed by atoms with Crippen molar-refractivity contribution in [2.75, 3.05) is 23.5 Å². The largest absolute Gasteiger partial charge is 1.00 e. The molecule has 194 valence electrons. The molecule has 3 heterocycles. The van der Waals surface area contributed by atoms with E-state index in [9.17, 15) is 39.9 Å². The Kier molecular flexibility index (Phi) is 15.4. The first-order valence-corrected chi connectivity index (χ1v) is 12.3. The van der Waals surface area contributed by atoms with Gasteiger partial charge in [-0.15, -0.1) is 0 Å². The summed E-state index contributed by atoms with van der Waals surface area (Å²) in [5, 5.41) is 50.5. The number of nitrogen functional groups attached to an aromatic ring is 1. The van der Waals surface area contributed by atoms with Gasteiger partial charge in [0.05, 0.1) is 18.6 Å². The van der Waals surface area contributed by atoms with E-state index < -0.39 is 61.3 Å². The minimum Gasteiger partial charge on any atom is -0.550 e. The van der Waals surface area contributed by atoms with E-state index in [0.29, 0.717) is 22.7 Å². The first-order chi connectivity index (χ1) is 16.4. The van der Waals surface area contributed by atoms with Gasteiger partial charge in [-0.2, -0.15) is 0 Å². The number of carbonyl (C=O) groups excluding carboxylic acids is 3. The van der Waals surface area contributed by atoms with Crippen LogP contribution in [0.2, 0.25) is 0 Å². The van der Waals surface area contributed by atoms with E-state index in [4.69, 9.17) is 16.2 Å². The summed E-state index contributed by atoms with van der Waals surface area (Å²) in [6.07, 6.45) is 0.226. The molecule has 1 saturated heterocycles. The van der Waals surface area contributed by atoms with Gasteiger partial charge in [0.2, 0.25) is 0 Å². The number of aliphatic hydroxyl groups is 2. The Balaban J connectivity index is 0.00000113. The summed E-state index contributed by atoms with van der Waals surface area (Å²) in [6, 6.07) is -1.02. The summed E-state index contributed by atoms with van der Waals surface area (Å²) in [4.78, 5) is 41.8. The summed E-state index contributed by atoms with van der Waals surface area (Å²) < 4.78 is 7.39. The maximum absolute atomic E-state index is 10.7. The van der Waals surface area contributed by atoms with Gasteiger partial charge >= 0.3 is 37.7 Å². The number of anilines is 1. The average molecular weight is 528 g/mol. The van der Waals surface area contributed by atoms with Crippen LogP contribution in [0.15, 0.2) is 12.7 Å². The van der Waals surface area contributed by atoms with Gasteiger partial charge < -0.3 is 56.1 Å². The topological polar surface area (TPSA) is 266 Å². The van der Waals surface area contributed by atoms with Crippen molar-refractivity contribution in [3.05, 3.63) is 12.7 Å². The van der Waals surface area contributed by atoms with E-state index in [1.54, 1.807) is 0 Å². The molecule has 0 amide bonds. The normalized spacial score (nSPS) is 22.1. The van der Waals surface area contributed by atoms with Crippen LogP contribution in [0.5, 0.6) is 0 Å². The zero-order chi connectivity index (χ0) is 26.3. The molecule has 0 aliphatic carbocycles. The number of hydrogen-bond donors (Lipinski definition) is 4. The summed E-state index contributed by atoms with van der Waals surface area (Å²) in [5.41, 5.74) is 12.0. The molecule has 0 spiro atoms. The molecule has 0 saturated carbocycles. The first kappa shape index (κ1) is 35.1. The van der Waals surface area contributed by atoms with Crippen LogP contribution in [0.3, 0.4) is 0 Å². The van der Waals surface area contributed by atoms with Crippen LogP contribution in [0.4, 0.5) is 5.82 Å². The number of fused-ring (bicyclic) bond motifs is 1. The molecule has 0 radical (unpaired) electrons. The van der Waals surface area contributed by atoms with Gasteiger partial charge in [-0.25, -0.2) is 15.0 Å². The molecule has 2 aromatic rings. The van der Waals surface area contributed by atoms with Crippen LogP contribution in [-0.2, 0) is 30.0 Å². The van der Waals surface area contributed by atoms with Crippen LogP contribution in [0.1, 0.15) is 25.5 Å². The molecule has 0 aromatic carbocycles. The van der Waals surface area contributed by atoms with E-state index in [1.165, 1.54) is 17.2 Å². The number of aromatic nitrogens is 4. The quantitative estimate of drug-likeness (QED) is 0.165. The SMILES string of the molecule is C[S+](CC[C@H](N)C(=O)[O-])C[C@H]1O[C@@H](n2cnc3c(N)ncnc32)[C@H](O)[C@@H]1O.O=C([O-])CCC(=O)[O-].[Li+].[Li+]. The average Bonchev–Trinajstić information content (AvgIpc) is 3.34. The predicted octanol–water partition coefficient (Wildman–Crippen LogP) is -12.0. The second-order valence-corrected chi connectivity index (χ2v) is 10.0.